The number of nitrogens with two attached hydrogens (primary N) is 1. The summed E-state index contributed by atoms with van der Waals surface area (Å²) < 4.78 is 49.9. The van der Waals surface area contributed by atoms with Gasteiger partial charge in [0, 0.05) is 0 Å². The number of rotatable bonds is 3. The second-order valence-electron chi connectivity index (χ2n) is 3.33. The Labute approximate surface area is 89.7 Å². The largest absolute Gasteiger partial charge is 0.419 e. The molecule has 0 bridgehead atoms. The molecule has 0 aliphatic heterocycles. The van der Waals surface area contributed by atoms with Crippen molar-refractivity contribution < 1.29 is 22.7 Å². The van der Waals surface area contributed by atoms with Crippen LogP contribution in [-0.4, -0.2) is 11.7 Å². The van der Waals surface area contributed by atoms with E-state index in [0.717, 1.165) is 6.07 Å². The number of aliphatic hydroxyl groups excluding tert-OH is 1. The van der Waals surface area contributed by atoms with Crippen molar-refractivity contribution in [2.45, 2.75) is 18.7 Å². The Balaban J connectivity index is 3.07. The third kappa shape index (κ3) is 2.93. The van der Waals surface area contributed by atoms with Crippen molar-refractivity contribution in [3.63, 3.8) is 0 Å². The van der Waals surface area contributed by atoms with E-state index in [9.17, 15) is 22.7 Å². The van der Waals surface area contributed by atoms with Gasteiger partial charge in [-0.3, -0.25) is 0 Å². The molecule has 0 aliphatic rings. The molecule has 0 spiro atoms. The topological polar surface area (TPSA) is 46.2 Å². The lowest BCUT2D eigenvalue weighted by molar-refractivity contribution is -0.140. The van der Waals surface area contributed by atoms with Gasteiger partial charge in [-0.1, -0.05) is 6.07 Å². The summed E-state index contributed by atoms with van der Waals surface area (Å²) in [5.41, 5.74) is 3.80. The second kappa shape index (κ2) is 4.80. The van der Waals surface area contributed by atoms with Crippen LogP contribution in [0.1, 0.15) is 23.7 Å². The number of hydrogen-bond acceptors (Lipinski definition) is 2. The van der Waals surface area contributed by atoms with E-state index in [1.165, 1.54) is 0 Å². The van der Waals surface area contributed by atoms with Gasteiger partial charge in [0.1, 0.15) is 5.82 Å². The van der Waals surface area contributed by atoms with Gasteiger partial charge in [0.05, 0.1) is 11.7 Å². The first kappa shape index (κ1) is 12.9. The van der Waals surface area contributed by atoms with Gasteiger partial charge in [-0.2, -0.15) is 13.2 Å². The van der Waals surface area contributed by atoms with Gasteiger partial charge in [0.15, 0.2) is 0 Å². The van der Waals surface area contributed by atoms with Crippen LogP contribution in [0.4, 0.5) is 17.6 Å². The predicted molar refractivity (Wildman–Crippen MR) is 50.0 cm³/mol. The maximum absolute atomic E-state index is 12.9. The van der Waals surface area contributed by atoms with E-state index in [-0.39, 0.29) is 18.5 Å². The summed E-state index contributed by atoms with van der Waals surface area (Å²) in [6.07, 6.45) is -5.74. The van der Waals surface area contributed by atoms with Gasteiger partial charge in [0.2, 0.25) is 0 Å². The summed E-state index contributed by atoms with van der Waals surface area (Å²) in [7, 11) is 0. The molecule has 1 aromatic carbocycles. The van der Waals surface area contributed by atoms with Gasteiger partial charge in [-0.15, -0.1) is 0 Å². The van der Waals surface area contributed by atoms with E-state index in [1.807, 2.05) is 0 Å². The molecule has 1 unspecified atom stereocenters. The molecule has 0 aromatic heterocycles. The summed E-state index contributed by atoms with van der Waals surface area (Å²) in [6.45, 7) is 0.139. The number of hydrogen-bond donors (Lipinski definition) is 2. The lowest BCUT2D eigenvalue weighted by Crippen LogP contribution is -2.11. The highest BCUT2D eigenvalue weighted by Gasteiger charge is 2.34. The van der Waals surface area contributed by atoms with Crippen molar-refractivity contribution in [3.05, 3.63) is 35.1 Å². The minimum atomic E-state index is -4.76. The second-order valence-corrected chi connectivity index (χ2v) is 3.33. The Kier molecular flexibility index (Phi) is 3.88. The molecule has 90 valence electrons. The molecule has 6 heteroatoms. The van der Waals surface area contributed by atoms with E-state index in [0.29, 0.717) is 12.1 Å². The van der Waals surface area contributed by atoms with Gasteiger partial charge < -0.3 is 10.8 Å². The maximum atomic E-state index is 12.9. The Morgan fingerprint density at radius 3 is 2.44 bits per heavy atom. The lowest BCUT2D eigenvalue weighted by Gasteiger charge is -2.13. The highest BCUT2D eigenvalue weighted by molar-refractivity contribution is 5.28. The Morgan fingerprint density at radius 2 is 1.94 bits per heavy atom. The van der Waals surface area contributed by atoms with E-state index >= 15 is 0 Å². The van der Waals surface area contributed by atoms with E-state index < -0.39 is 23.7 Å². The molecular weight excluding hydrogens is 226 g/mol. The minimum Gasteiger partial charge on any atom is -0.388 e. The van der Waals surface area contributed by atoms with Gasteiger partial charge >= 0.3 is 6.18 Å². The molecule has 1 aromatic rings. The lowest BCUT2D eigenvalue weighted by atomic mass is 10.0. The van der Waals surface area contributed by atoms with Crippen molar-refractivity contribution in [2.75, 3.05) is 6.54 Å². The van der Waals surface area contributed by atoms with Crippen molar-refractivity contribution in [2.24, 2.45) is 5.73 Å². The third-order valence-corrected chi connectivity index (χ3v) is 2.12. The Morgan fingerprint density at radius 1 is 1.31 bits per heavy atom. The van der Waals surface area contributed by atoms with Crippen LogP contribution in [0.2, 0.25) is 0 Å². The zero-order valence-electron chi connectivity index (χ0n) is 8.26. The fraction of sp³-hybridized carbons (Fsp3) is 0.400. The van der Waals surface area contributed by atoms with Crippen LogP contribution in [0.5, 0.6) is 0 Å². The van der Waals surface area contributed by atoms with Crippen molar-refractivity contribution in [3.8, 4) is 0 Å². The van der Waals surface area contributed by atoms with Crippen molar-refractivity contribution in [1.29, 1.82) is 0 Å². The predicted octanol–water partition coefficient (Wildman–Crippen LogP) is 2.23. The van der Waals surface area contributed by atoms with E-state index in [4.69, 9.17) is 5.73 Å². The Bertz CT molecular complexity index is 364. The van der Waals surface area contributed by atoms with Gasteiger partial charge in [-0.05, 0) is 30.7 Å². The normalized spacial score (nSPS) is 13.9. The summed E-state index contributed by atoms with van der Waals surface area (Å²) >= 11 is 0. The summed E-state index contributed by atoms with van der Waals surface area (Å²) in [5, 5.41) is 9.43. The SMILES string of the molecule is NCCC(O)c1ccc(F)c(C(F)(F)F)c1. The van der Waals surface area contributed by atoms with Crippen LogP contribution in [0.15, 0.2) is 18.2 Å². The third-order valence-electron chi connectivity index (χ3n) is 2.12. The molecule has 0 aliphatic carbocycles. The van der Waals surface area contributed by atoms with Crippen molar-refractivity contribution >= 4 is 0 Å². The zero-order chi connectivity index (χ0) is 12.3. The fourth-order valence-electron chi connectivity index (χ4n) is 1.29. The van der Waals surface area contributed by atoms with Crippen LogP contribution in [0.3, 0.4) is 0 Å². The van der Waals surface area contributed by atoms with Crippen molar-refractivity contribution in [1.82, 2.24) is 0 Å². The van der Waals surface area contributed by atoms with Crippen LogP contribution in [0, 0.1) is 5.82 Å². The quantitative estimate of drug-likeness (QED) is 0.792. The number of halogens is 4. The molecular formula is C10H11F4NO. The molecule has 1 rings (SSSR count). The highest BCUT2D eigenvalue weighted by Crippen LogP contribution is 2.33. The first-order valence-corrected chi connectivity index (χ1v) is 4.61. The molecule has 1 atom stereocenters. The van der Waals surface area contributed by atoms with E-state index in [1.54, 1.807) is 0 Å². The number of benzene rings is 1. The Hall–Kier alpha value is -1.14. The van der Waals surface area contributed by atoms with Gasteiger partial charge in [0.25, 0.3) is 0 Å². The molecule has 2 nitrogen and oxygen atoms in total. The number of aliphatic hydroxyl groups is 1. The molecule has 0 radical (unpaired) electrons. The first-order valence-electron chi connectivity index (χ1n) is 4.61. The fourth-order valence-corrected chi connectivity index (χ4v) is 1.29. The average Bonchev–Trinajstić information content (AvgIpc) is 2.16. The molecule has 0 amide bonds. The maximum Gasteiger partial charge on any atom is 0.419 e. The van der Waals surface area contributed by atoms with Crippen LogP contribution >= 0.6 is 0 Å². The summed E-state index contributed by atoms with van der Waals surface area (Å²) in [4.78, 5) is 0. The minimum absolute atomic E-state index is 0.0131. The first-order chi connectivity index (χ1) is 7.36. The standard InChI is InChI=1S/C10H11F4NO/c11-8-2-1-6(9(16)3-4-15)5-7(8)10(12,13)14/h1-2,5,9,16H,3-4,15H2. The molecule has 16 heavy (non-hydrogen) atoms. The van der Waals surface area contributed by atoms with Crippen LogP contribution < -0.4 is 5.73 Å². The molecule has 3 N–H and O–H groups in total. The zero-order valence-corrected chi connectivity index (χ0v) is 8.26. The summed E-state index contributed by atoms with van der Waals surface area (Å²) in [5.74, 6) is -1.35. The van der Waals surface area contributed by atoms with Crippen LogP contribution in [-0.2, 0) is 6.18 Å². The van der Waals surface area contributed by atoms with Crippen LogP contribution in [0.25, 0.3) is 0 Å². The summed E-state index contributed by atoms with van der Waals surface area (Å²) in [6, 6.07) is 2.42. The average molecular weight is 237 g/mol. The van der Waals surface area contributed by atoms with Gasteiger partial charge in [-0.25, -0.2) is 4.39 Å². The monoisotopic (exact) mass is 237 g/mol. The molecule has 0 fully saturated rings. The smallest absolute Gasteiger partial charge is 0.388 e. The van der Waals surface area contributed by atoms with E-state index in [2.05, 4.69) is 0 Å². The highest BCUT2D eigenvalue weighted by atomic mass is 19.4. The molecule has 0 saturated carbocycles. The number of alkyl halides is 3. The molecule has 0 heterocycles. The molecule has 0 saturated heterocycles.